The molecule has 142 valence electrons. The first kappa shape index (κ1) is 23.5. The van der Waals surface area contributed by atoms with Gasteiger partial charge in [0, 0.05) is 0 Å². The van der Waals surface area contributed by atoms with Gasteiger partial charge in [-0.25, -0.2) is 0 Å². The Morgan fingerprint density at radius 2 is 1.17 bits per heavy atom. The second-order valence-electron chi connectivity index (χ2n) is 8.84. The third-order valence-electron chi connectivity index (χ3n) is 7.28. The molecular formula is C24H46. The fourth-order valence-corrected chi connectivity index (χ4v) is 4.00. The highest BCUT2D eigenvalue weighted by Gasteiger charge is 2.33. The molecular weight excluding hydrogens is 288 g/mol. The van der Waals surface area contributed by atoms with Crippen molar-refractivity contribution in [2.45, 2.75) is 89.0 Å². The molecule has 0 N–H and O–H groups in total. The first-order valence-electron chi connectivity index (χ1n) is 10.4. The average Bonchev–Trinajstić information content (AvgIpc) is 2.57. The molecule has 0 saturated heterocycles. The van der Waals surface area contributed by atoms with Crippen LogP contribution in [0.15, 0.2) is 23.3 Å². The molecule has 0 aromatic heterocycles. The van der Waals surface area contributed by atoms with E-state index in [2.05, 4.69) is 82.7 Å². The Balaban J connectivity index is 5.77. The molecule has 0 spiro atoms. The standard InChI is InChI=1S/C24H46/c1-13-16(5)19(8)21(10)23(12)24(18(7)15(3)4)22(11)20(9)17(6)14-2/h15-18,21,23-24H,8,13-14H2,1-7,9-12H3. The number of allylic oxidation sites excluding steroid dienone is 3. The van der Waals surface area contributed by atoms with Crippen LogP contribution < -0.4 is 0 Å². The highest BCUT2D eigenvalue weighted by molar-refractivity contribution is 5.19. The molecule has 24 heavy (non-hydrogen) atoms. The monoisotopic (exact) mass is 334 g/mol. The summed E-state index contributed by atoms with van der Waals surface area (Å²) >= 11 is 0. The van der Waals surface area contributed by atoms with Gasteiger partial charge in [-0.15, -0.1) is 0 Å². The van der Waals surface area contributed by atoms with Crippen LogP contribution in [0.3, 0.4) is 0 Å². The number of hydrogen-bond acceptors (Lipinski definition) is 0. The van der Waals surface area contributed by atoms with Crippen LogP contribution in [0.2, 0.25) is 0 Å². The summed E-state index contributed by atoms with van der Waals surface area (Å²) in [6.07, 6.45) is 2.43. The van der Waals surface area contributed by atoms with E-state index in [0.717, 1.165) is 0 Å². The lowest BCUT2D eigenvalue weighted by atomic mass is 9.66. The van der Waals surface area contributed by atoms with Crippen LogP contribution in [0.25, 0.3) is 0 Å². The van der Waals surface area contributed by atoms with Crippen LogP contribution in [0, 0.1) is 41.4 Å². The van der Waals surface area contributed by atoms with Crippen LogP contribution in [-0.2, 0) is 0 Å². The molecule has 0 heteroatoms. The van der Waals surface area contributed by atoms with Crippen molar-refractivity contribution < 1.29 is 0 Å². The second kappa shape index (κ2) is 10.5. The zero-order valence-corrected chi connectivity index (χ0v) is 18.7. The smallest absolute Gasteiger partial charge is 0.0144 e. The molecule has 0 aliphatic rings. The summed E-state index contributed by atoms with van der Waals surface area (Å²) in [5, 5.41) is 0. The van der Waals surface area contributed by atoms with Gasteiger partial charge in [-0.3, -0.25) is 0 Å². The minimum Gasteiger partial charge on any atom is -0.0993 e. The van der Waals surface area contributed by atoms with E-state index >= 15 is 0 Å². The van der Waals surface area contributed by atoms with Gasteiger partial charge in [-0.05, 0) is 68.1 Å². The Morgan fingerprint density at radius 3 is 1.54 bits per heavy atom. The predicted molar refractivity (Wildman–Crippen MR) is 112 cm³/mol. The lowest BCUT2D eigenvalue weighted by molar-refractivity contribution is 0.198. The summed E-state index contributed by atoms with van der Waals surface area (Å²) in [6.45, 7) is 30.6. The van der Waals surface area contributed by atoms with Gasteiger partial charge < -0.3 is 0 Å². The van der Waals surface area contributed by atoms with Gasteiger partial charge in [0.15, 0.2) is 0 Å². The molecule has 0 aliphatic heterocycles. The highest BCUT2D eigenvalue weighted by atomic mass is 14.4. The Labute approximate surface area is 154 Å². The van der Waals surface area contributed by atoms with Gasteiger partial charge in [0.2, 0.25) is 0 Å². The van der Waals surface area contributed by atoms with Crippen molar-refractivity contribution in [3.63, 3.8) is 0 Å². The van der Waals surface area contributed by atoms with Crippen molar-refractivity contribution in [1.29, 1.82) is 0 Å². The van der Waals surface area contributed by atoms with Crippen molar-refractivity contribution in [3.05, 3.63) is 23.3 Å². The van der Waals surface area contributed by atoms with Crippen LogP contribution in [-0.4, -0.2) is 0 Å². The normalized spacial score (nSPS) is 20.8. The van der Waals surface area contributed by atoms with E-state index in [1.165, 1.54) is 18.4 Å². The minimum atomic E-state index is 0.575. The molecule has 0 heterocycles. The predicted octanol–water partition coefficient (Wildman–Crippen LogP) is 8.15. The Morgan fingerprint density at radius 1 is 0.708 bits per heavy atom. The van der Waals surface area contributed by atoms with Crippen LogP contribution in [0.1, 0.15) is 89.0 Å². The van der Waals surface area contributed by atoms with Crippen LogP contribution >= 0.6 is 0 Å². The van der Waals surface area contributed by atoms with E-state index in [9.17, 15) is 0 Å². The maximum Gasteiger partial charge on any atom is -0.0144 e. The summed E-state index contributed by atoms with van der Waals surface area (Å²) in [5.41, 5.74) is 4.70. The SMILES string of the molecule is C=C(C(C)CC)C(C)C(C)C(C(C)=C(C)C(C)CC)C(C)C(C)C. The van der Waals surface area contributed by atoms with Crippen molar-refractivity contribution in [2.75, 3.05) is 0 Å². The highest BCUT2D eigenvalue weighted by Crippen LogP contribution is 2.42. The quantitative estimate of drug-likeness (QED) is 0.353. The molecule has 0 radical (unpaired) electrons. The molecule has 0 rings (SSSR count). The summed E-state index contributed by atoms with van der Waals surface area (Å²) in [6, 6.07) is 0. The van der Waals surface area contributed by atoms with Gasteiger partial charge in [0.25, 0.3) is 0 Å². The third kappa shape index (κ3) is 5.78. The second-order valence-corrected chi connectivity index (χ2v) is 8.84. The zero-order valence-electron chi connectivity index (χ0n) is 18.7. The molecule has 0 amide bonds. The van der Waals surface area contributed by atoms with Crippen molar-refractivity contribution in [3.8, 4) is 0 Å². The fraction of sp³-hybridized carbons (Fsp3) is 0.833. The number of hydrogen-bond donors (Lipinski definition) is 0. The lowest BCUT2D eigenvalue weighted by Crippen LogP contribution is -2.31. The summed E-state index contributed by atoms with van der Waals surface area (Å²) in [5.74, 6) is 4.58. The van der Waals surface area contributed by atoms with Crippen molar-refractivity contribution >= 4 is 0 Å². The Kier molecular flexibility index (Phi) is 10.2. The van der Waals surface area contributed by atoms with Crippen LogP contribution in [0.4, 0.5) is 0 Å². The van der Waals surface area contributed by atoms with E-state index < -0.39 is 0 Å². The Bertz CT molecular complexity index is 412. The fourth-order valence-electron chi connectivity index (χ4n) is 4.00. The van der Waals surface area contributed by atoms with Gasteiger partial charge in [0.1, 0.15) is 0 Å². The molecule has 6 atom stereocenters. The average molecular weight is 335 g/mol. The van der Waals surface area contributed by atoms with E-state index in [1.54, 1.807) is 11.1 Å². The maximum absolute atomic E-state index is 4.47. The first-order valence-corrected chi connectivity index (χ1v) is 10.4. The van der Waals surface area contributed by atoms with Crippen molar-refractivity contribution in [2.24, 2.45) is 41.4 Å². The zero-order chi connectivity index (χ0) is 19.2. The molecule has 0 bridgehead atoms. The largest absolute Gasteiger partial charge is 0.0993 e. The third-order valence-corrected chi connectivity index (χ3v) is 7.28. The minimum absolute atomic E-state index is 0.575. The number of rotatable bonds is 10. The van der Waals surface area contributed by atoms with Gasteiger partial charge in [0.05, 0.1) is 0 Å². The van der Waals surface area contributed by atoms with Crippen molar-refractivity contribution in [1.82, 2.24) is 0 Å². The summed E-state index contributed by atoms with van der Waals surface area (Å²) in [7, 11) is 0. The Hall–Kier alpha value is -0.520. The van der Waals surface area contributed by atoms with Gasteiger partial charge in [-0.1, -0.05) is 85.6 Å². The van der Waals surface area contributed by atoms with Gasteiger partial charge >= 0.3 is 0 Å². The van der Waals surface area contributed by atoms with E-state index in [0.29, 0.717) is 41.4 Å². The molecule has 6 unspecified atom stereocenters. The topological polar surface area (TPSA) is 0 Å². The van der Waals surface area contributed by atoms with E-state index in [-0.39, 0.29) is 0 Å². The lowest BCUT2D eigenvalue weighted by Gasteiger charge is -2.39. The molecule has 0 aliphatic carbocycles. The molecule has 0 aromatic rings. The van der Waals surface area contributed by atoms with E-state index in [1.807, 2.05) is 0 Å². The molecule has 0 nitrogen and oxygen atoms in total. The first-order chi connectivity index (χ1) is 11.0. The van der Waals surface area contributed by atoms with Crippen LogP contribution in [0.5, 0.6) is 0 Å². The van der Waals surface area contributed by atoms with Gasteiger partial charge in [-0.2, -0.15) is 0 Å². The summed E-state index contributed by atoms with van der Waals surface area (Å²) in [4.78, 5) is 0. The maximum atomic E-state index is 4.47. The molecule has 0 saturated carbocycles. The molecule has 0 aromatic carbocycles. The summed E-state index contributed by atoms with van der Waals surface area (Å²) < 4.78 is 0. The molecule has 0 fully saturated rings. The van der Waals surface area contributed by atoms with E-state index in [4.69, 9.17) is 0 Å².